The summed E-state index contributed by atoms with van der Waals surface area (Å²) in [6.45, 7) is 8.58. The van der Waals surface area contributed by atoms with E-state index in [1.807, 2.05) is 33.8 Å². The molecule has 4 heteroatoms. The summed E-state index contributed by atoms with van der Waals surface area (Å²) in [7, 11) is 1.68. The molecule has 0 amide bonds. The molecule has 0 radical (unpaired) electrons. The first-order valence-corrected chi connectivity index (χ1v) is 6.32. The van der Waals surface area contributed by atoms with Gasteiger partial charge in [0.05, 0.1) is 13.7 Å². The van der Waals surface area contributed by atoms with Crippen LogP contribution in [0, 0.1) is 20.8 Å². The predicted octanol–water partition coefficient (Wildman–Crippen LogP) is 3.67. The zero-order valence-electron chi connectivity index (χ0n) is 12.0. The number of oxazole rings is 1. The van der Waals surface area contributed by atoms with Crippen LogP contribution in [0.1, 0.15) is 23.6 Å². The van der Waals surface area contributed by atoms with Crippen molar-refractivity contribution in [2.24, 2.45) is 0 Å². The minimum Gasteiger partial charge on any atom is -0.496 e. The summed E-state index contributed by atoms with van der Waals surface area (Å²) >= 11 is 0. The van der Waals surface area contributed by atoms with Crippen molar-refractivity contribution in [3.05, 3.63) is 29.0 Å². The minimum atomic E-state index is 0.449. The molecule has 0 aliphatic rings. The van der Waals surface area contributed by atoms with Gasteiger partial charge in [-0.1, -0.05) is 0 Å². The van der Waals surface area contributed by atoms with Gasteiger partial charge in [0.2, 0.25) is 5.89 Å². The number of benzene rings is 1. The van der Waals surface area contributed by atoms with E-state index >= 15 is 0 Å². The lowest BCUT2D eigenvalue weighted by Gasteiger charge is -2.13. The third kappa shape index (κ3) is 2.43. The van der Waals surface area contributed by atoms with Crippen molar-refractivity contribution < 1.29 is 13.9 Å². The van der Waals surface area contributed by atoms with Crippen LogP contribution < -0.4 is 9.47 Å². The van der Waals surface area contributed by atoms with Crippen LogP contribution in [0.3, 0.4) is 0 Å². The third-order valence-electron chi connectivity index (χ3n) is 3.25. The highest BCUT2D eigenvalue weighted by Gasteiger charge is 2.16. The van der Waals surface area contributed by atoms with Gasteiger partial charge < -0.3 is 13.9 Å². The van der Waals surface area contributed by atoms with Crippen LogP contribution in [0.15, 0.2) is 16.7 Å². The molecule has 0 bridgehead atoms. The molecule has 0 N–H and O–H groups in total. The summed E-state index contributed by atoms with van der Waals surface area (Å²) in [6.07, 6.45) is 1.61. The summed E-state index contributed by atoms with van der Waals surface area (Å²) in [5.41, 5.74) is 4.29. The van der Waals surface area contributed by atoms with Crippen LogP contribution in [-0.2, 0) is 0 Å². The highest BCUT2D eigenvalue weighted by atomic mass is 16.6. The molecule has 0 spiro atoms. The van der Waals surface area contributed by atoms with E-state index in [0.29, 0.717) is 18.4 Å². The van der Waals surface area contributed by atoms with Crippen LogP contribution in [-0.4, -0.2) is 18.7 Å². The molecule has 1 heterocycles. The Morgan fingerprint density at radius 1 is 1.21 bits per heavy atom. The number of nitrogens with zero attached hydrogens (tertiary/aromatic N) is 1. The minimum absolute atomic E-state index is 0.449. The van der Waals surface area contributed by atoms with Gasteiger partial charge in [-0.05, 0) is 50.5 Å². The first-order chi connectivity index (χ1) is 9.08. The second-order valence-corrected chi connectivity index (χ2v) is 4.44. The Morgan fingerprint density at radius 3 is 2.58 bits per heavy atom. The Hall–Kier alpha value is -1.97. The molecule has 0 unspecified atom stereocenters. The molecule has 1 aromatic carbocycles. The monoisotopic (exact) mass is 261 g/mol. The molecule has 0 aliphatic heterocycles. The van der Waals surface area contributed by atoms with E-state index < -0.39 is 0 Å². The standard InChI is InChI=1S/C15H19NO3/c1-6-18-13-8-16-15(19-13)14-9(2)7-12(17-5)10(3)11(14)4/h7-8H,6H2,1-5H3. The van der Waals surface area contributed by atoms with Gasteiger partial charge in [0.15, 0.2) is 0 Å². The van der Waals surface area contributed by atoms with E-state index in [4.69, 9.17) is 13.9 Å². The van der Waals surface area contributed by atoms with E-state index in [1.54, 1.807) is 13.3 Å². The molecular weight excluding hydrogens is 242 g/mol. The molecule has 1 aromatic heterocycles. The van der Waals surface area contributed by atoms with E-state index in [-0.39, 0.29) is 0 Å². The summed E-state index contributed by atoms with van der Waals surface area (Å²) in [5.74, 6) is 1.92. The molecular formula is C15H19NO3. The zero-order valence-corrected chi connectivity index (χ0v) is 12.0. The van der Waals surface area contributed by atoms with Crippen LogP contribution in [0.25, 0.3) is 11.5 Å². The van der Waals surface area contributed by atoms with Crippen molar-refractivity contribution in [1.82, 2.24) is 4.98 Å². The fraction of sp³-hybridized carbons (Fsp3) is 0.400. The van der Waals surface area contributed by atoms with Crippen LogP contribution in [0.5, 0.6) is 11.7 Å². The quantitative estimate of drug-likeness (QED) is 0.842. The Kier molecular flexibility index (Phi) is 3.79. The van der Waals surface area contributed by atoms with Gasteiger partial charge in [0.25, 0.3) is 0 Å². The second-order valence-electron chi connectivity index (χ2n) is 4.44. The molecule has 19 heavy (non-hydrogen) atoms. The molecule has 2 aromatic rings. The Labute approximate surface area is 113 Å². The van der Waals surface area contributed by atoms with E-state index in [2.05, 4.69) is 4.98 Å². The average Bonchev–Trinajstić information content (AvgIpc) is 2.83. The number of hydrogen-bond acceptors (Lipinski definition) is 4. The van der Waals surface area contributed by atoms with Crippen molar-refractivity contribution in [3.8, 4) is 23.1 Å². The number of hydrogen-bond donors (Lipinski definition) is 0. The normalized spacial score (nSPS) is 10.6. The van der Waals surface area contributed by atoms with Gasteiger partial charge in [-0.15, -0.1) is 0 Å². The third-order valence-corrected chi connectivity index (χ3v) is 3.25. The van der Waals surface area contributed by atoms with Crippen LogP contribution >= 0.6 is 0 Å². The lowest BCUT2D eigenvalue weighted by atomic mass is 9.97. The van der Waals surface area contributed by atoms with E-state index in [9.17, 15) is 0 Å². The molecule has 4 nitrogen and oxygen atoms in total. The van der Waals surface area contributed by atoms with Crippen molar-refractivity contribution in [2.45, 2.75) is 27.7 Å². The highest BCUT2D eigenvalue weighted by molar-refractivity contribution is 5.67. The Bertz CT molecular complexity index is 587. The second kappa shape index (κ2) is 5.34. The maximum Gasteiger partial charge on any atom is 0.305 e. The lowest BCUT2D eigenvalue weighted by molar-refractivity contribution is 0.260. The maximum absolute atomic E-state index is 5.63. The SMILES string of the molecule is CCOc1cnc(-c2c(C)cc(OC)c(C)c2C)o1. The molecule has 2 rings (SSSR count). The van der Waals surface area contributed by atoms with Crippen molar-refractivity contribution in [2.75, 3.05) is 13.7 Å². The predicted molar refractivity (Wildman–Crippen MR) is 73.9 cm³/mol. The van der Waals surface area contributed by atoms with Gasteiger partial charge in [0, 0.05) is 5.56 Å². The van der Waals surface area contributed by atoms with Gasteiger partial charge in [-0.25, -0.2) is 4.98 Å². The summed E-state index contributed by atoms with van der Waals surface area (Å²) in [6, 6.07) is 2.00. The van der Waals surface area contributed by atoms with Gasteiger partial charge in [-0.3, -0.25) is 0 Å². The Morgan fingerprint density at radius 2 is 1.95 bits per heavy atom. The molecule has 0 fully saturated rings. The van der Waals surface area contributed by atoms with Crippen LogP contribution in [0.2, 0.25) is 0 Å². The molecule has 102 valence electrons. The number of methoxy groups -OCH3 is 1. The number of rotatable bonds is 4. The number of aromatic nitrogens is 1. The van der Waals surface area contributed by atoms with Gasteiger partial charge in [0.1, 0.15) is 11.9 Å². The first-order valence-electron chi connectivity index (χ1n) is 6.32. The zero-order chi connectivity index (χ0) is 14.0. The smallest absolute Gasteiger partial charge is 0.305 e. The van der Waals surface area contributed by atoms with Gasteiger partial charge >= 0.3 is 5.95 Å². The summed E-state index contributed by atoms with van der Waals surface area (Å²) < 4.78 is 16.3. The van der Waals surface area contributed by atoms with Crippen molar-refractivity contribution >= 4 is 0 Å². The highest BCUT2D eigenvalue weighted by Crippen LogP contribution is 2.35. The fourth-order valence-corrected chi connectivity index (χ4v) is 2.17. The van der Waals surface area contributed by atoms with E-state index in [0.717, 1.165) is 28.0 Å². The fourth-order valence-electron chi connectivity index (χ4n) is 2.17. The summed E-state index contributed by atoms with van der Waals surface area (Å²) in [5, 5.41) is 0. The van der Waals surface area contributed by atoms with Crippen molar-refractivity contribution in [1.29, 1.82) is 0 Å². The molecule has 0 atom stereocenters. The first kappa shape index (κ1) is 13.5. The topological polar surface area (TPSA) is 44.5 Å². The lowest BCUT2D eigenvalue weighted by Crippen LogP contribution is -1.96. The number of aryl methyl sites for hydroxylation is 1. The molecule has 0 aliphatic carbocycles. The van der Waals surface area contributed by atoms with Crippen LogP contribution in [0.4, 0.5) is 0 Å². The number of ether oxygens (including phenoxy) is 2. The molecule has 0 saturated heterocycles. The molecule has 0 saturated carbocycles. The Balaban J connectivity index is 2.52. The van der Waals surface area contributed by atoms with Gasteiger partial charge in [-0.2, -0.15) is 0 Å². The van der Waals surface area contributed by atoms with E-state index in [1.165, 1.54) is 0 Å². The average molecular weight is 261 g/mol. The maximum atomic E-state index is 5.63. The largest absolute Gasteiger partial charge is 0.496 e. The summed E-state index contributed by atoms with van der Waals surface area (Å²) in [4.78, 5) is 4.29. The van der Waals surface area contributed by atoms with Crippen molar-refractivity contribution in [3.63, 3.8) is 0 Å².